The molecular formula is C15H19N3O2. The fourth-order valence-corrected chi connectivity index (χ4v) is 2.23. The molecule has 5 nitrogen and oxygen atoms in total. The molecule has 1 unspecified atom stereocenters. The normalized spacial score (nSPS) is 16.4. The van der Waals surface area contributed by atoms with E-state index in [1.807, 2.05) is 32.0 Å². The van der Waals surface area contributed by atoms with Crippen LogP contribution in [0.4, 0.5) is 5.69 Å². The van der Waals surface area contributed by atoms with Gasteiger partial charge in [0.2, 0.25) is 5.91 Å². The maximum atomic E-state index is 12.3. The summed E-state index contributed by atoms with van der Waals surface area (Å²) in [5, 5.41) is 12.3. The van der Waals surface area contributed by atoms with Crippen LogP contribution in [0.5, 0.6) is 0 Å². The summed E-state index contributed by atoms with van der Waals surface area (Å²) in [7, 11) is 0. The van der Waals surface area contributed by atoms with Gasteiger partial charge < -0.3 is 15.0 Å². The Bertz CT molecular complexity index is 530. The molecule has 1 amide bonds. The van der Waals surface area contributed by atoms with E-state index in [1.165, 1.54) is 0 Å². The van der Waals surface area contributed by atoms with E-state index in [-0.39, 0.29) is 11.9 Å². The number of nitrogens with one attached hydrogen (secondary N) is 1. The molecule has 1 N–H and O–H groups in total. The van der Waals surface area contributed by atoms with Gasteiger partial charge in [0.25, 0.3) is 0 Å². The molecule has 1 aromatic carbocycles. The van der Waals surface area contributed by atoms with E-state index in [9.17, 15) is 4.79 Å². The Morgan fingerprint density at radius 3 is 2.80 bits per heavy atom. The van der Waals surface area contributed by atoms with Gasteiger partial charge in [0, 0.05) is 13.1 Å². The zero-order valence-electron chi connectivity index (χ0n) is 11.8. The van der Waals surface area contributed by atoms with Crippen molar-refractivity contribution < 1.29 is 9.53 Å². The van der Waals surface area contributed by atoms with Crippen LogP contribution in [0.1, 0.15) is 18.1 Å². The standard InChI is InChI=1S/C15H19N3O2/c1-11-3-4-14(13(9-11)10-16)17-12(2)15(19)18-5-7-20-8-6-18/h3-4,9,12,17H,5-8H2,1-2H3. The topological polar surface area (TPSA) is 65.4 Å². The lowest BCUT2D eigenvalue weighted by Gasteiger charge is -2.29. The molecule has 2 rings (SSSR count). The fraction of sp³-hybridized carbons (Fsp3) is 0.467. The molecule has 5 heteroatoms. The molecule has 106 valence electrons. The first-order valence-corrected chi connectivity index (χ1v) is 6.75. The van der Waals surface area contributed by atoms with E-state index in [0.29, 0.717) is 37.6 Å². The van der Waals surface area contributed by atoms with E-state index in [1.54, 1.807) is 4.90 Å². The molecule has 1 aromatic rings. The molecule has 20 heavy (non-hydrogen) atoms. The third-order valence-corrected chi connectivity index (χ3v) is 3.36. The van der Waals surface area contributed by atoms with Gasteiger partial charge >= 0.3 is 0 Å². The Hall–Kier alpha value is -2.06. The molecule has 0 spiro atoms. The smallest absolute Gasteiger partial charge is 0.244 e. The molecule has 1 aliphatic heterocycles. The van der Waals surface area contributed by atoms with Crippen molar-refractivity contribution in [3.05, 3.63) is 29.3 Å². The number of ether oxygens (including phenoxy) is 1. The van der Waals surface area contributed by atoms with Crippen molar-refractivity contribution in [2.75, 3.05) is 31.6 Å². The van der Waals surface area contributed by atoms with Crippen molar-refractivity contribution in [2.45, 2.75) is 19.9 Å². The quantitative estimate of drug-likeness (QED) is 0.907. The Morgan fingerprint density at radius 1 is 1.45 bits per heavy atom. The summed E-state index contributed by atoms with van der Waals surface area (Å²) in [4.78, 5) is 14.1. The minimum absolute atomic E-state index is 0.0396. The molecule has 0 aromatic heterocycles. The van der Waals surface area contributed by atoms with Crippen LogP contribution in [0.3, 0.4) is 0 Å². The van der Waals surface area contributed by atoms with Crippen molar-refractivity contribution in [1.29, 1.82) is 5.26 Å². The SMILES string of the molecule is Cc1ccc(NC(C)C(=O)N2CCOCC2)c(C#N)c1. The maximum absolute atomic E-state index is 12.3. The van der Waals surface area contributed by atoms with E-state index in [4.69, 9.17) is 10.00 Å². The third kappa shape index (κ3) is 3.28. The van der Waals surface area contributed by atoms with Gasteiger partial charge in [-0.25, -0.2) is 0 Å². The molecule has 1 aliphatic rings. The summed E-state index contributed by atoms with van der Waals surface area (Å²) >= 11 is 0. The lowest BCUT2D eigenvalue weighted by Crippen LogP contribution is -2.47. The number of nitriles is 1. The highest BCUT2D eigenvalue weighted by molar-refractivity contribution is 5.84. The first kappa shape index (κ1) is 14.4. The van der Waals surface area contributed by atoms with Crippen molar-refractivity contribution in [1.82, 2.24) is 4.90 Å². The summed E-state index contributed by atoms with van der Waals surface area (Å²) in [6.07, 6.45) is 0. The van der Waals surface area contributed by atoms with Crippen molar-refractivity contribution in [3.8, 4) is 6.07 Å². The van der Waals surface area contributed by atoms with Gasteiger partial charge in [-0.15, -0.1) is 0 Å². The van der Waals surface area contributed by atoms with Crippen LogP contribution in [-0.2, 0) is 9.53 Å². The number of carbonyl (C=O) groups excluding carboxylic acids is 1. The molecular weight excluding hydrogens is 254 g/mol. The van der Waals surface area contributed by atoms with Gasteiger partial charge in [0.15, 0.2) is 0 Å². The molecule has 1 fully saturated rings. The molecule has 0 bridgehead atoms. The highest BCUT2D eigenvalue weighted by Crippen LogP contribution is 2.18. The van der Waals surface area contributed by atoms with Crippen LogP contribution in [0.25, 0.3) is 0 Å². The number of benzene rings is 1. The monoisotopic (exact) mass is 273 g/mol. The van der Waals surface area contributed by atoms with E-state index in [2.05, 4.69) is 11.4 Å². The number of rotatable bonds is 3. The summed E-state index contributed by atoms with van der Waals surface area (Å²) in [6.45, 7) is 6.19. The van der Waals surface area contributed by atoms with Crippen LogP contribution < -0.4 is 5.32 Å². The van der Waals surface area contributed by atoms with Crippen LogP contribution >= 0.6 is 0 Å². The number of aryl methyl sites for hydroxylation is 1. The van der Waals surface area contributed by atoms with Crippen LogP contribution in [0.2, 0.25) is 0 Å². The Morgan fingerprint density at radius 2 is 2.15 bits per heavy atom. The van der Waals surface area contributed by atoms with E-state index >= 15 is 0 Å². The number of amides is 1. The number of carbonyl (C=O) groups is 1. The Kier molecular flexibility index (Phi) is 4.59. The third-order valence-electron chi connectivity index (χ3n) is 3.36. The van der Waals surface area contributed by atoms with Crippen LogP contribution in [-0.4, -0.2) is 43.2 Å². The van der Waals surface area contributed by atoms with Crippen molar-refractivity contribution in [2.24, 2.45) is 0 Å². The largest absolute Gasteiger partial charge is 0.378 e. The van der Waals surface area contributed by atoms with Crippen LogP contribution in [0, 0.1) is 18.3 Å². The zero-order chi connectivity index (χ0) is 14.5. The maximum Gasteiger partial charge on any atom is 0.244 e. The average molecular weight is 273 g/mol. The molecule has 1 atom stereocenters. The molecule has 1 saturated heterocycles. The van der Waals surface area contributed by atoms with E-state index in [0.717, 1.165) is 5.56 Å². The highest BCUT2D eigenvalue weighted by Gasteiger charge is 2.22. The molecule has 0 radical (unpaired) electrons. The first-order chi connectivity index (χ1) is 9.61. The van der Waals surface area contributed by atoms with Gasteiger partial charge in [-0.1, -0.05) is 6.07 Å². The second-order valence-corrected chi connectivity index (χ2v) is 4.96. The zero-order valence-corrected chi connectivity index (χ0v) is 11.8. The first-order valence-electron chi connectivity index (χ1n) is 6.75. The summed E-state index contributed by atoms with van der Waals surface area (Å²) in [5.74, 6) is 0.0396. The second kappa shape index (κ2) is 6.40. The highest BCUT2D eigenvalue weighted by atomic mass is 16.5. The van der Waals surface area contributed by atoms with Crippen LogP contribution in [0.15, 0.2) is 18.2 Å². The average Bonchev–Trinajstić information content (AvgIpc) is 2.49. The van der Waals surface area contributed by atoms with Crippen molar-refractivity contribution >= 4 is 11.6 Å². The number of anilines is 1. The predicted molar refractivity (Wildman–Crippen MR) is 76.4 cm³/mol. The summed E-state index contributed by atoms with van der Waals surface area (Å²) < 4.78 is 5.24. The van der Waals surface area contributed by atoms with E-state index < -0.39 is 0 Å². The molecule has 1 heterocycles. The van der Waals surface area contributed by atoms with Gasteiger partial charge in [-0.3, -0.25) is 4.79 Å². The van der Waals surface area contributed by atoms with Gasteiger partial charge in [-0.2, -0.15) is 5.26 Å². The fourth-order valence-electron chi connectivity index (χ4n) is 2.23. The molecule has 0 saturated carbocycles. The molecule has 0 aliphatic carbocycles. The number of hydrogen-bond acceptors (Lipinski definition) is 4. The minimum Gasteiger partial charge on any atom is -0.378 e. The number of nitrogens with zero attached hydrogens (tertiary/aromatic N) is 2. The van der Waals surface area contributed by atoms with Gasteiger partial charge in [0.05, 0.1) is 24.5 Å². The summed E-state index contributed by atoms with van der Waals surface area (Å²) in [6, 6.07) is 7.38. The van der Waals surface area contributed by atoms with Gasteiger partial charge in [0.1, 0.15) is 12.1 Å². The Labute approximate surface area is 119 Å². The number of morpholine rings is 1. The Balaban J connectivity index is 2.05. The second-order valence-electron chi connectivity index (χ2n) is 4.96. The lowest BCUT2D eigenvalue weighted by molar-refractivity contribution is -0.135. The van der Waals surface area contributed by atoms with Gasteiger partial charge in [-0.05, 0) is 31.5 Å². The summed E-state index contributed by atoms with van der Waals surface area (Å²) in [5.41, 5.74) is 2.29. The lowest BCUT2D eigenvalue weighted by atomic mass is 10.1. The minimum atomic E-state index is -0.358. The van der Waals surface area contributed by atoms with Crippen molar-refractivity contribution in [3.63, 3.8) is 0 Å². The number of hydrogen-bond donors (Lipinski definition) is 1. The predicted octanol–water partition coefficient (Wildman–Crippen LogP) is 1.53.